The van der Waals surface area contributed by atoms with E-state index in [9.17, 15) is 9.59 Å². The number of carbonyl (C=O) groups excluding carboxylic acids is 2. The highest BCUT2D eigenvalue weighted by Crippen LogP contribution is 2.29. The molecule has 1 aliphatic rings. The van der Waals surface area contributed by atoms with E-state index in [0.717, 1.165) is 5.56 Å². The molecule has 4 rings (SSSR count). The van der Waals surface area contributed by atoms with E-state index < -0.39 is 11.8 Å². The maximum absolute atomic E-state index is 12.8. The summed E-state index contributed by atoms with van der Waals surface area (Å²) in [6, 6.07) is 21.2. The summed E-state index contributed by atoms with van der Waals surface area (Å²) in [7, 11) is 0. The van der Waals surface area contributed by atoms with Gasteiger partial charge in [0.1, 0.15) is 17.9 Å². The molecular weight excluding hydrogens is 423 g/mol. The smallest absolute Gasteiger partial charge is 0.282 e. The van der Waals surface area contributed by atoms with Crippen molar-refractivity contribution in [2.75, 3.05) is 5.01 Å². The van der Waals surface area contributed by atoms with Crippen LogP contribution in [0.2, 0.25) is 10.0 Å². The fourth-order valence-electron chi connectivity index (χ4n) is 3.01. The van der Waals surface area contributed by atoms with Crippen LogP contribution in [0.15, 0.2) is 78.4 Å². The number of halogens is 2. The Morgan fingerprint density at radius 2 is 1.67 bits per heavy atom. The Balaban J connectivity index is 1.63. The highest BCUT2D eigenvalue weighted by molar-refractivity contribution is 6.32. The summed E-state index contributed by atoms with van der Waals surface area (Å²) < 4.78 is 5.91. The molecule has 5 nitrogen and oxygen atoms in total. The predicted octanol–water partition coefficient (Wildman–Crippen LogP) is 5.03. The van der Waals surface area contributed by atoms with Crippen molar-refractivity contribution in [3.05, 3.63) is 99.5 Å². The molecule has 3 aromatic carbocycles. The Labute approximate surface area is 183 Å². The molecule has 0 saturated carbocycles. The summed E-state index contributed by atoms with van der Waals surface area (Å²) in [5, 5.41) is 2.26. The van der Waals surface area contributed by atoms with Gasteiger partial charge in [0.25, 0.3) is 11.8 Å². The molecule has 1 N–H and O–H groups in total. The van der Waals surface area contributed by atoms with Crippen molar-refractivity contribution >= 4 is 46.8 Å². The number of hydrazine groups is 1. The Hall–Kier alpha value is -3.28. The van der Waals surface area contributed by atoms with Crippen LogP contribution in [0.4, 0.5) is 5.69 Å². The number of nitrogens with zero attached hydrogens (tertiary/aromatic N) is 1. The van der Waals surface area contributed by atoms with Gasteiger partial charge in [0.15, 0.2) is 0 Å². The summed E-state index contributed by atoms with van der Waals surface area (Å²) in [6.45, 7) is 0.230. The lowest BCUT2D eigenvalue weighted by Crippen LogP contribution is -2.35. The van der Waals surface area contributed by atoms with E-state index in [1.54, 1.807) is 48.5 Å². The SMILES string of the molecule is O=C1NN(c2ccccc2)C(=O)C1=Cc1cc(Cl)ccc1OCc1ccccc1Cl. The molecule has 0 bridgehead atoms. The lowest BCUT2D eigenvalue weighted by atomic mass is 10.1. The third kappa shape index (κ3) is 4.17. The van der Waals surface area contributed by atoms with E-state index >= 15 is 0 Å². The number of nitrogens with one attached hydrogen (secondary N) is 1. The van der Waals surface area contributed by atoms with Gasteiger partial charge >= 0.3 is 0 Å². The van der Waals surface area contributed by atoms with Gasteiger partial charge in [-0.05, 0) is 42.5 Å². The molecule has 0 atom stereocenters. The third-order valence-corrected chi connectivity index (χ3v) is 5.12. The molecule has 0 aliphatic carbocycles. The van der Waals surface area contributed by atoms with Crippen LogP contribution in [-0.2, 0) is 16.2 Å². The summed E-state index contributed by atoms with van der Waals surface area (Å²) in [6.07, 6.45) is 1.48. The second-order valence-electron chi connectivity index (χ2n) is 6.54. The van der Waals surface area contributed by atoms with Gasteiger partial charge in [0.2, 0.25) is 0 Å². The van der Waals surface area contributed by atoms with Gasteiger partial charge < -0.3 is 4.74 Å². The van der Waals surface area contributed by atoms with Gasteiger partial charge in [0.05, 0.1) is 5.69 Å². The van der Waals surface area contributed by atoms with Crippen molar-refractivity contribution in [2.24, 2.45) is 0 Å². The van der Waals surface area contributed by atoms with Crippen molar-refractivity contribution in [3.8, 4) is 5.75 Å². The van der Waals surface area contributed by atoms with Crippen LogP contribution in [0, 0.1) is 0 Å². The summed E-state index contributed by atoms with van der Waals surface area (Å²) in [5.41, 5.74) is 4.47. The topological polar surface area (TPSA) is 58.6 Å². The number of anilines is 1. The summed E-state index contributed by atoms with van der Waals surface area (Å²) in [5.74, 6) is -0.477. The molecule has 1 saturated heterocycles. The number of carbonyl (C=O) groups is 2. The standard InChI is InChI=1S/C23H16Cl2N2O3/c24-17-10-11-21(30-14-15-6-4-5-9-20(15)25)16(12-17)13-19-22(28)26-27(23(19)29)18-7-2-1-3-8-18/h1-13H,14H2,(H,26,28). The number of rotatable bonds is 5. The summed E-state index contributed by atoms with van der Waals surface area (Å²) in [4.78, 5) is 25.3. The van der Waals surface area contributed by atoms with E-state index in [1.165, 1.54) is 11.1 Å². The van der Waals surface area contributed by atoms with Gasteiger partial charge in [-0.2, -0.15) is 0 Å². The number of para-hydroxylation sites is 1. The van der Waals surface area contributed by atoms with Crippen LogP contribution >= 0.6 is 23.2 Å². The lowest BCUT2D eigenvalue weighted by Gasteiger charge is -2.14. The molecule has 7 heteroatoms. The molecule has 0 unspecified atom stereocenters. The Kier molecular flexibility index (Phi) is 5.74. The largest absolute Gasteiger partial charge is 0.488 e. The van der Waals surface area contributed by atoms with Crippen molar-refractivity contribution in [2.45, 2.75) is 6.61 Å². The first-order chi connectivity index (χ1) is 14.5. The van der Waals surface area contributed by atoms with Crippen molar-refractivity contribution in [1.29, 1.82) is 0 Å². The van der Waals surface area contributed by atoms with Crippen LogP contribution in [0.1, 0.15) is 11.1 Å². The first kappa shape index (κ1) is 20.0. The molecule has 0 spiro atoms. The van der Waals surface area contributed by atoms with Gasteiger partial charge in [-0.3, -0.25) is 15.0 Å². The van der Waals surface area contributed by atoms with Gasteiger partial charge in [0, 0.05) is 21.2 Å². The zero-order valence-corrected chi connectivity index (χ0v) is 17.2. The van der Waals surface area contributed by atoms with Crippen LogP contribution in [0.25, 0.3) is 6.08 Å². The molecule has 150 valence electrons. The van der Waals surface area contributed by atoms with Crippen molar-refractivity contribution < 1.29 is 14.3 Å². The zero-order chi connectivity index (χ0) is 21.1. The second-order valence-corrected chi connectivity index (χ2v) is 7.38. The maximum Gasteiger partial charge on any atom is 0.282 e. The monoisotopic (exact) mass is 438 g/mol. The normalized spacial score (nSPS) is 14.9. The number of benzene rings is 3. The lowest BCUT2D eigenvalue weighted by molar-refractivity contribution is -0.117. The minimum atomic E-state index is -0.499. The number of amides is 2. The van der Waals surface area contributed by atoms with Gasteiger partial charge in [-0.25, -0.2) is 5.01 Å². The highest BCUT2D eigenvalue weighted by Gasteiger charge is 2.34. The first-order valence-electron chi connectivity index (χ1n) is 9.11. The van der Waals surface area contributed by atoms with Crippen molar-refractivity contribution in [1.82, 2.24) is 5.43 Å². The second kappa shape index (κ2) is 8.61. The van der Waals surface area contributed by atoms with Crippen LogP contribution in [0.5, 0.6) is 5.75 Å². The molecular formula is C23H16Cl2N2O3. The Bertz CT molecular complexity index is 1150. The predicted molar refractivity (Wildman–Crippen MR) is 117 cm³/mol. The molecule has 1 aliphatic heterocycles. The fourth-order valence-corrected chi connectivity index (χ4v) is 3.38. The number of hydrogen-bond donors (Lipinski definition) is 1. The quantitative estimate of drug-likeness (QED) is 0.448. The molecule has 0 aromatic heterocycles. The van der Waals surface area contributed by atoms with Gasteiger partial charge in [-0.15, -0.1) is 0 Å². The number of hydrogen-bond acceptors (Lipinski definition) is 3. The maximum atomic E-state index is 12.8. The average molecular weight is 439 g/mol. The highest BCUT2D eigenvalue weighted by atomic mass is 35.5. The van der Waals surface area contributed by atoms with Crippen molar-refractivity contribution in [3.63, 3.8) is 0 Å². The third-order valence-electron chi connectivity index (χ3n) is 4.52. The van der Waals surface area contributed by atoms with Crippen LogP contribution in [-0.4, -0.2) is 11.8 Å². The molecule has 2 amide bonds. The molecule has 3 aromatic rings. The first-order valence-corrected chi connectivity index (χ1v) is 9.86. The molecule has 30 heavy (non-hydrogen) atoms. The fraction of sp³-hybridized carbons (Fsp3) is 0.0435. The minimum absolute atomic E-state index is 0.0105. The Morgan fingerprint density at radius 3 is 2.43 bits per heavy atom. The average Bonchev–Trinajstić information content (AvgIpc) is 3.03. The number of ether oxygens (including phenoxy) is 1. The Morgan fingerprint density at radius 1 is 0.933 bits per heavy atom. The van der Waals surface area contributed by atoms with Crippen LogP contribution < -0.4 is 15.2 Å². The molecule has 0 radical (unpaired) electrons. The van der Waals surface area contributed by atoms with E-state index in [4.69, 9.17) is 27.9 Å². The van der Waals surface area contributed by atoms with E-state index in [1.807, 2.05) is 24.3 Å². The summed E-state index contributed by atoms with van der Waals surface area (Å²) >= 11 is 12.3. The molecule has 1 fully saturated rings. The van der Waals surface area contributed by atoms with E-state index in [2.05, 4.69) is 5.43 Å². The van der Waals surface area contributed by atoms with Gasteiger partial charge in [-0.1, -0.05) is 59.6 Å². The van der Waals surface area contributed by atoms with E-state index in [0.29, 0.717) is 27.0 Å². The molecule has 1 heterocycles. The van der Waals surface area contributed by atoms with Crippen LogP contribution in [0.3, 0.4) is 0 Å². The van der Waals surface area contributed by atoms with E-state index in [-0.39, 0.29) is 12.2 Å². The minimum Gasteiger partial charge on any atom is -0.488 e. The zero-order valence-electron chi connectivity index (χ0n) is 15.6.